The first kappa shape index (κ1) is 17.9. The summed E-state index contributed by atoms with van der Waals surface area (Å²) in [6.07, 6.45) is 6.05. The maximum atomic E-state index is 13.1. The summed E-state index contributed by atoms with van der Waals surface area (Å²) in [5.41, 5.74) is 1.33. The van der Waals surface area contributed by atoms with Crippen LogP contribution in [0.4, 0.5) is 10.6 Å². The number of likely N-dealkylation sites (N-methyl/N-ethyl adjacent to an activating group) is 1. The summed E-state index contributed by atoms with van der Waals surface area (Å²) >= 11 is 0. The second-order valence-corrected chi connectivity index (χ2v) is 6.84. The smallest absolute Gasteiger partial charge is 0.328 e. The molecule has 3 aliphatic rings. The van der Waals surface area contributed by atoms with Crippen LogP contribution in [-0.2, 0) is 4.79 Å². The molecule has 0 aliphatic carbocycles. The molecule has 144 valence electrons. The number of amides is 3. The van der Waals surface area contributed by atoms with E-state index >= 15 is 0 Å². The fourth-order valence-electron chi connectivity index (χ4n) is 3.78. The summed E-state index contributed by atoms with van der Waals surface area (Å²) in [5.74, 6) is 0.807. The van der Waals surface area contributed by atoms with Crippen LogP contribution in [0, 0.1) is 11.3 Å². The molecule has 3 amide bonds. The van der Waals surface area contributed by atoms with Crippen molar-refractivity contribution in [1.29, 1.82) is 5.26 Å². The molecule has 3 aliphatic heterocycles. The number of nitrogens with one attached hydrogen (secondary N) is 3. The average Bonchev–Trinajstić information content (AvgIpc) is 3.12. The SMILES string of the molecule is CCNC(=O)C1C=CC2=C(N1)N(C(=O)Nc1cc(C#N)ccn1)C1CCN2C1. The van der Waals surface area contributed by atoms with Gasteiger partial charge in [-0.3, -0.25) is 15.0 Å². The molecule has 4 rings (SSSR count). The Kier molecular flexibility index (Phi) is 4.61. The molecule has 3 N–H and O–H groups in total. The Balaban J connectivity index is 1.60. The number of fused-ring (bicyclic) bond motifs is 3. The highest BCUT2D eigenvalue weighted by atomic mass is 16.2. The largest absolute Gasteiger partial charge is 0.366 e. The Bertz CT molecular complexity index is 917. The number of aromatic nitrogens is 1. The quantitative estimate of drug-likeness (QED) is 0.713. The van der Waals surface area contributed by atoms with Crippen LogP contribution in [0.2, 0.25) is 0 Å². The van der Waals surface area contributed by atoms with Gasteiger partial charge in [-0.15, -0.1) is 0 Å². The summed E-state index contributed by atoms with van der Waals surface area (Å²) in [6, 6.07) is 4.28. The summed E-state index contributed by atoms with van der Waals surface area (Å²) in [6.45, 7) is 4.00. The van der Waals surface area contributed by atoms with Crippen molar-refractivity contribution in [2.45, 2.75) is 25.4 Å². The molecule has 1 aromatic rings. The average molecular weight is 379 g/mol. The molecule has 2 atom stereocenters. The van der Waals surface area contributed by atoms with E-state index in [-0.39, 0.29) is 18.0 Å². The lowest BCUT2D eigenvalue weighted by Crippen LogP contribution is -2.56. The zero-order valence-corrected chi connectivity index (χ0v) is 15.5. The highest BCUT2D eigenvalue weighted by molar-refractivity contribution is 5.91. The van der Waals surface area contributed by atoms with Crippen molar-refractivity contribution in [3.05, 3.63) is 47.6 Å². The molecule has 28 heavy (non-hydrogen) atoms. The van der Waals surface area contributed by atoms with E-state index in [2.05, 4.69) is 25.8 Å². The summed E-state index contributed by atoms with van der Waals surface area (Å²) in [4.78, 5) is 33.4. The van der Waals surface area contributed by atoms with Gasteiger partial charge >= 0.3 is 6.03 Å². The van der Waals surface area contributed by atoms with Crippen LogP contribution in [0.25, 0.3) is 0 Å². The Morgan fingerprint density at radius 2 is 2.32 bits per heavy atom. The third-order valence-electron chi connectivity index (χ3n) is 5.07. The van der Waals surface area contributed by atoms with Crippen LogP contribution < -0.4 is 16.0 Å². The lowest BCUT2D eigenvalue weighted by atomic mass is 10.1. The van der Waals surface area contributed by atoms with E-state index in [1.807, 2.05) is 25.1 Å². The molecule has 0 saturated carbocycles. The second-order valence-electron chi connectivity index (χ2n) is 6.84. The number of nitrogens with zero attached hydrogens (tertiary/aromatic N) is 4. The lowest BCUT2D eigenvalue weighted by Gasteiger charge is -2.40. The molecule has 1 saturated heterocycles. The van der Waals surface area contributed by atoms with Crippen LogP contribution >= 0.6 is 0 Å². The van der Waals surface area contributed by atoms with Crippen molar-refractivity contribution in [3.8, 4) is 6.07 Å². The standard InChI is InChI=1S/C19H21N7O2/c1-2-21-18(27)14-3-4-15-17(23-14)26(13-6-8-25(15)11-13)19(28)24-16-9-12(10-20)5-7-22-16/h3-5,7,9,13-14,23H,2,6,8,11H2,1H3,(H,21,27)(H,22,24,28). The van der Waals surface area contributed by atoms with Crippen molar-refractivity contribution < 1.29 is 9.59 Å². The third-order valence-corrected chi connectivity index (χ3v) is 5.07. The normalized spacial score (nSPS) is 22.3. The van der Waals surface area contributed by atoms with Gasteiger partial charge in [-0.05, 0) is 31.6 Å². The zero-order valence-electron chi connectivity index (χ0n) is 15.5. The highest BCUT2D eigenvalue weighted by Crippen LogP contribution is 2.33. The molecular formula is C19H21N7O2. The molecule has 9 heteroatoms. The van der Waals surface area contributed by atoms with Gasteiger partial charge in [0.15, 0.2) is 0 Å². The third kappa shape index (κ3) is 3.13. The van der Waals surface area contributed by atoms with E-state index < -0.39 is 6.04 Å². The van der Waals surface area contributed by atoms with Crippen molar-refractivity contribution in [1.82, 2.24) is 25.4 Å². The van der Waals surface area contributed by atoms with Gasteiger partial charge in [0.1, 0.15) is 17.7 Å². The van der Waals surface area contributed by atoms with Gasteiger partial charge in [0.2, 0.25) is 5.91 Å². The maximum absolute atomic E-state index is 13.1. The minimum Gasteiger partial charge on any atom is -0.366 e. The number of carbonyl (C=O) groups is 2. The molecule has 9 nitrogen and oxygen atoms in total. The van der Waals surface area contributed by atoms with E-state index in [1.54, 1.807) is 11.0 Å². The first-order valence-electron chi connectivity index (χ1n) is 9.28. The molecular weight excluding hydrogens is 358 g/mol. The van der Waals surface area contributed by atoms with Crippen LogP contribution in [0.5, 0.6) is 0 Å². The van der Waals surface area contributed by atoms with Gasteiger partial charge in [0.25, 0.3) is 0 Å². The fourth-order valence-corrected chi connectivity index (χ4v) is 3.78. The Morgan fingerprint density at radius 3 is 3.11 bits per heavy atom. The lowest BCUT2D eigenvalue weighted by molar-refractivity contribution is -0.121. The first-order chi connectivity index (χ1) is 13.6. The van der Waals surface area contributed by atoms with Gasteiger partial charge in [-0.2, -0.15) is 5.26 Å². The van der Waals surface area contributed by atoms with Crippen molar-refractivity contribution in [2.75, 3.05) is 25.0 Å². The Labute approximate surface area is 162 Å². The van der Waals surface area contributed by atoms with Gasteiger partial charge in [-0.25, -0.2) is 9.78 Å². The van der Waals surface area contributed by atoms with E-state index in [4.69, 9.17) is 5.26 Å². The van der Waals surface area contributed by atoms with Crippen LogP contribution in [0.3, 0.4) is 0 Å². The minimum atomic E-state index is -0.534. The van der Waals surface area contributed by atoms with Crippen molar-refractivity contribution >= 4 is 17.8 Å². The number of hydrogen-bond donors (Lipinski definition) is 3. The molecule has 2 unspecified atom stereocenters. The van der Waals surface area contributed by atoms with Gasteiger partial charge in [0, 0.05) is 25.8 Å². The van der Waals surface area contributed by atoms with E-state index in [1.165, 1.54) is 12.3 Å². The predicted octanol–water partition coefficient (Wildman–Crippen LogP) is 0.708. The van der Waals surface area contributed by atoms with Gasteiger partial charge in [0.05, 0.1) is 23.4 Å². The fraction of sp³-hybridized carbons (Fsp3) is 0.368. The Morgan fingerprint density at radius 1 is 1.46 bits per heavy atom. The molecule has 1 aromatic heterocycles. The van der Waals surface area contributed by atoms with Crippen molar-refractivity contribution in [2.24, 2.45) is 0 Å². The summed E-state index contributed by atoms with van der Waals surface area (Å²) < 4.78 is 0. The van der Waals surface area contributed by atoms with Gasteiger partial charge in [-0.1, -0.05) is 6.08 Å². The molecule has 0 spiro atoms. The number of allylic oxidation sites excluding steroid dienone is 1. The predicted molar refractivity (Wildman–Crippen MR) is 102 cm³/mol. The monoisotopic (exact) mass is 379 g/mol. The highest BCUT2D eigenvalue weighted by Gasteiger charge is 2.42. The van der Waals surface area contributed by atoms with E-state index in [9.17, 15) is 9.59 Å². The topological polar surface area (TPSA) is 113 Å². The number of rotatable bonds is 3. The molecule has 0 aromatic carbocycles. The van der Waals surface area contributed by atoms with E-state index in [0.29, 0.717) is 23.7 Å². The maximum Gasteiger partial charge on any atom is 0.328 e. The number of urea groups is 1. The number of carbonyl (C=O) groups excluding carboxylic acids is 2. The molecule has 4 heterocycles. The molecule has 0 radical (unpaired) electrons. The first-order valence-corrected chi connectivity index (χ1v) is 9.28. The number of hydrogen-bond acceptors (Lipinski definition) is 6. The molecule has 1 fully saturated rings. The number of nitriles is 1. The number of anilines is 1. The Hall–Kier alpha value is -3.54. The van der Waals surface area contributed by atoms with Crippen LogP contribution in [0.15, 0.2) is 42.0 Å². The zero-order chi connectivity index (χ0) is 19.7. The second kappa shape index (κ2) is 7.23. The van der Waals surface area contributed by atoms with Crippen LogP contribution in [-0.4, -0.2) is 58.4 Å². The minimum absolute atomic E-state index is 0.00628. The van der Waals surface area contributed by atoms with Crippen LogP contribution in [0.1, 0.15) is 18.9 Å². The summed E-state index contributed by atoms with van der Waals surface area (Å²) in [7, 11) is 0. The van der Waals surface area contributed by atoms with Gasteiger partial charge < -0.3 is 15.5 Å². The number of dihydropyridines is 1. The summed E-state index contributed by atoms with van der Waals surface area (Å²) in [5, 5.41) is 17.8. The number of pyridine rings is 1. The molecule has 2 bridgehead atoms. The van der Waals surface area contributed by atoms with Crippen molar-refractivity contribution in [3.63, 3.8) is 0 Å². The van der Waals surface area contributed by atoms with E-state index in [0.717, 1.165) is 25.2 Å².